The highest BCUT2D eigenvalue weighted by Crippen LogP contribution is 2.37. The summed E-state index contributed by atoms with van der Waals surface area (Å²) in [6, 6.07) is 0. The molecular formula is C14H24N6. The fraction of sp³-hybridized carbons (Fsp3) is 0.786. The normalized spacial score (nSPS) is 21.4. The lowest BCUT2D eigenvalue weighted by atomic mass is 9.89. The van der Waals surface area contributed by atoms with Crippen molar-refractivity contribution in [2.75, 3.05) is 35.6 Å². The molecule has 1 aromatic heterocycles. The van der Waals surface area contributed by atoms with E-state index in [9.17, 15) is 0 Å². The molecule has 3 N–H and O–H groups in total. The standard InChI is InChI=1S/C14H24N6/c1-14(6-2-3-7-14)10-16-12-17-11(15)18-13(19-12)20-8-4-5-9-20/h2-10H2,1H3,(H3,15,16,17,18,19). The van der Waals surface area contributed by atoms with Crippen molar-refractivity contribution in [2.24, 2.45) is 5.41 Å². The molecule has 0 unspecified atom stereocenters. The summed E-state index contributed by atoms with van der Waals surface area (Å²) in [5.41, 5.74) is 6.19. The average molecular weight is 276 g/mol. The molecule has 6 nitrogen and oxygen atoms in total. The van der Waals surface area contributed by atoms with Crippen LogP contribution in [0.25, 0.3) is 0 Å². The summed E-state index contributed by atoms with van der Waals surface area (Å²) in [6.45, 7) is 5.27. The Morgan fingerprint density at radius 1 is 1.10 bits per heavy atom. The van der Waals surface area contributed by atoms with Crippen molar-refractivity contribution >= 4 is 17.8 Å². The molecule has 2 heterocycles. The van der Waals surface area contributed by atoms with Crippen LogP contribution in [-0.4, -0.2) is 34.6 Å². The number of rotatable bonds is 4. The van der Waals surface area contributed by atoms with Gasteiger partial charge in [-0.05, 0) is 31.1 Å². The number of nitrogen functional groups attached to an aromatic ring is 1. The molecule has 0 bridgehead atoms. The van der Waals surface area contributed by atoms with E-state index < -0.39 is 0 Å². The van der Waals surface area contributed by atoms with Gasteiger partial charge in [0, 0.05) is 19.6 Å². The Labute approximate surface area is 120 Å². The molecule has 2 fully saturated rings. The van der Waals surface area contributed by atoms with E-state index in [4.69, 9.17) is 5.73 Å². The van der Waals surface area contributed by atoms with Gasteiger partial charge in [-0.15, -0.1) is 0 Å². The predicted octanol–water partition coefficient (Wildman–Crippen LogP) is 2.05. The van der Waals surface area contributed by atoms with Crippen molar-refractivity contribution < 1.29 is 0 Å². The molecule has 0 radical (unpaired) electrons. The number of nitrogens with one attached hydrogen (secondary N) is 1. The molecular weight excluding hydrogens is 252 g/mol. The van der Waals surface area contributed by atoms with E-state index in [1.54, 1.807) is 0 Å². The molecule has 1 aromatic rings. The summed E-state index contributed by atoms with van der Waals surface area (Å²) >= 11 is 0. The van der Waals surface area contributed by atoms with Crippen molar-refractivity contribution in [2.45, 2.75) is 45.4 Å². The van der Waals surface area contributed by atoms with E-state index >= 15 is 0 Å². The number of nitrogens with zero attached hydrogens (tertiary/aromatic N) is 4. The number of aromatic nitrogens is 3. The molecule has 6 heteroatoms. The van der Waals surface area contributed by atoms with E-state index in [-0.39, 0.29) is 0 Å². The van der Waals surface area contributed by atoms with Crippen LogP contribution in [0.1, 0.15) is 45.4 Å². The summed E-state index contributed by atoms with van der Waals surface area (Å²) in [7, 11) is 0. The number of hydrogen-bond acceptors (Lipinski definition) is 6. The van der Waals surface area contributed by atoms with Crippen molar-refractivity contribution in [3.63, 3.8) is 0 Å². The second kappa shape index (κ2) is 5.42. The maximum Gasteiger partial charge on any atom is 0.231 e. The van der Waals surface area contributed by atoms with E-state index in [0.29, 0.717) is 23.3 Å². The summed E-state index contributed by atoms with van der Waals surface area (Å²) in [6.07, 6.45) is 7.62. The topological polar surface area (TPSA) is 80.0 Å². The van der Waals surface area contributed by atoms with Crippen LogP contribution < -0.4 is 16.0 Å². The SMILES string of the molecule is CC1(CNc2nc(N)nc(N3CCCC3)n2)CCCC1. The number of nitrogens with two attached hydrogens (primary N) is 1. The van der Waals surface area contributed by atoms with Crippen molar-refractivity contribution in [3.8, 4) is 0 Å². The second-order valence-electron chi connectivity index (χ2n) is 6.38. The summed E-state index contributed by atoms with van der Waals surface area (Å²) < 4.78 is 0. The summed E-state index contributed by atoms with van der Waals surface area (Å²) in [5.74, 6) is 1.64. The molecule has 1 saturated heterocycles. The molecule has 1 aliphatic heterocycles. The Morgan fingerprint density at radius 2 is 1.80 bits per heavy atom. The third kappa shape index (κ3) is 2.94. The largest absolute Gasteiger partial charge is 0.368 e. The van der Waals surface area contributed by atoms with Crippen molar-refractivity contribution in [1.29, 1.82) is 0 Å². The van der Waals surface area contributed by atoms with Gasteiger partial charge in [-0.2, -0.15) is 15.0 Å². The maximum absolute atomic E-state index is 5.81. The monoisotopic (exact) mass is 276 g/mol. The highest BCUT2D eigenvalue weighted by atomic mass is 15.3. The quantitative estimate of drug-likeness (QED) is 0.876. The van der Waals surface area contributed by atoms with E-state index in [2.05, 4.69) is 32.1 Å². The minimum atomic E-state index is 0.306. The Balaban J connectivity index is 1.69. The average Bonchev–Trinajstić information content (AvgIpc) is 3.08. The maximum atomic E-state index is 5.81. The lowest BCUT2D eigenvalue weighted by Crippen LogP contribution is -2.26. The van der Waals surface area contributed by atoms with Crippen LogP contribution in [0.15, 0.2) is 0 Å². The number of hydrogen-bond donors (Lipinski definition) is 2. The van der Waals surface area contributed by atoms with E-state index in [1.807, 2.05) is 0 Å². The smallest absolute Gasteiger partial charge is 0.231 e. The first-order chi connectivity index (χ1) is 9.65. The third-order valence-corrected chi connectivity index (χ3v) is 4.51. The van der Waals surface area contributed by atoms with Gasteiger partial charge in [-0.25, -0.2) is 0 Å². The van der Waals surface area contributed by atoms with Gasteiger partial charge in [0.1, 0.15) is 0 Å². The van der Waals surface area contributed by atoms with Gasteiger partial charge in [0.2, 0.25) is 17.8 Å². The molecule has 1 saturated carbocycles. The van der Waals surface area contributed by atoms with Gasteiger partial charge in [0.15, 0.2) is 0 Å². The molecule has 1 aliphatic carbocycles. The van der Waals surface area contributed by atoms with E-state index in [0.717, 1.165) is 19.6 Å². The lowest BCUT2D eigenvalue weighted by molar-refractivity contribution is 0.361. The molecule has 0 aromatic carbocycles. The van der Waals surface area contributed by atoms with Crippen LogP contribution >= 0.6 is 0 Å². The molecule has 0 amide bonds. The molecule has 110 valence electrons. The highest BCUT2D eigenvalue weighted by molar-refractivity contribution is 5.42. The zero-order valence-electron chi connectivity index (χ0n) is 12.2. The minimum absolute atomic E-state index is 0.306. The fourth-order valence-electron chi connectivity index (χ4n) is 3.22. The lowest BCUT2D eigenvalue weighted by Gasteiger charge is -2.24. The molecule has 0 atom stereocenters. The van der Waals surface area contributed by atoms with Crippen LogP contribution in [-0.2, 0) is 0 Å². The van der Waals surface area contributed by atoms with Gasteiger partial charge in [-0.3, -0.25) is 0 Å². The molecule has 2 aliphatic rings. The first kappa shape index (κ1) is 13.4. The van der Waals surface area contributed by atoms with Crippen molar-refractivity contribution in [3.05, 3.63) is 0 Å². The fourth-order valence-corrected chi connectivity index (χ4v) is 3.22. The second-order valence-corrected chi connectivity index (χ2v) is 6.38. The zero-order chi connectivity index (χ0) is 14.0. The third-order valence-electron chi connectivity index (χ3n) is 4.51. The predicted molar refractivity (Wildman–Crippen MR) is 80.8 cm³/mol. The Hall–Kier alpha value is -1.59. The van der Waals surface area contributed by atoms with Gasteiger partial charge < -0.3 is 16.0 Å². The Morgan fingerprint density at radius 3 is 2.50 bits per heavy atom. The van der Waals surface area contributed by atoms with Crippen LogP contribution in [0.3, 0.4) is 0 Å². The summed E-state index contributed by atoms with van der Waals surface area (Å²) in [5, 5.41) is 3.36. The zero-order valence-corrected chi connectivity index (χ0v) is 12.2. The summed E-state index contributed by atoms with van der Waals surface area (Å²) in [4.78, 5) is 15.2. The van der Waals surface area contributed by atoms with Crippen LogP contribution in [0.2, 0.25) is 0 Å². The van der Waals surface area contributed by atoms with Gasteiger partial charge in [0.05, 0.1) is 0 Å². The van der Waals surface area contributed by atoms with Gasteiger partial charge >= 0.3 is 0 Å². The number of anilines is 3. The van der Waals surface area contributed by atoms with Gasteiger partial charge in [-0.1, -0.05) is 19.8 Å². The van der Waals surface area contributed by atoms with Crippen LogP contribution in [0.4, 0.5) is 17.8 Å². The highest BCUT2D eigenvalue weighted by Gasteiger charge is 2.28. The molecule has 20 heavy (non-hydrogen) atoms. The van der Waals surface area contributed by atoms with E-state index in [1.165, 1.54) is 38.5 Å². The van der Waals surface area contributed by atoms with Gasteiger partial charge in [0.25, 0.3) is 0 Å². The first-order valence-corrected chi connectivity index (χ1v) is 7.65. The molecule has 0 spiro atoms. The Bertz CT molecular complexity index is 463. The molecule has 3 rings (SSSR count). The van der Waals surface area contributed by atoms with Crippen LogP contribution in [0, 0.1) is 5.41 Å². The first-order valence-electron chi connectivity index (χ1n) is 7.65. The van der Waals surface area contributed by atoms with Crippen molar-refractivity contribution in [1.82, 2.24) is 15.0 Å². The minimum Gasteiger partial charge on any atom is -0.368 e. The van der Waals surface area contributed by atoms with Crippen LogP contribution in [0.5, 0.6) is 0 Å². The Kier molecular flexibility index (Phi) is 3.63.